The van der Waals surface area contributed by atoms with Crippen LogP contribution >= 0.6 is 0 Å². The molecule has 5 nitrogen and oxygen atoms in total. The van der Waals surface area contributed by atoms with Gasteiger partial charge in [-0.15, -0.1) is 0 Å². The number of carbonyl (C=O) groups excluding carboxylic acids is 2. The third-order valence-electron chi connectivity index (χ3n) is 1.87. The Morgan fingerprint density at radius 3 is 2.76 bits per heavy atom. The largest absolute Gasteiger partial charge is 0.507 e. The number of phenolic OH excluding ortho intramolecular Hbond substituents is 1. The number of hydrogen-bond acceptors (Lipinski definition) is 4. The zero-order chi connectivity index (χ0) is 12.7. The number of amides is 1. The minimum atomic E-state index is -0.537. The molecule has 0 heterocycles. The highest BCUT2D eigenvalue weighted by Crippen LogP contribution is 2.14. The Hall–Kier alpha value is -2.30. The van der Waals surface area contributed by atoms with Gasteiger partial charge in [-0.25, -0.2) is 4.79 Å². The van der Waals surface area contributed by atoms with Gasteiger partial charge >= 0.3 is 5.97 Å². The summed E-state index contributed by atoms with van der Waals surface area (Å²) >= 11 is 0. The highest BCUT2D eigenvalue weighted by atomic mass is 16.5. The number of rotatable bonds is 4. The van der Waals surface area contributed by atoms with Crippen LogP contribution in [-0.4, -0.2) is 23.6 Å². The van der Waals surface area contributed by atoms with Gasteiger partial charge in [0.1, 0.15) is 5.75 Å². The number of ether oxygens (including phenoxy) is 1. The second kappa shape index (κ2) is 6.32. The van der Waals surface area contributed by atoms with E-state index in [1.807, 2.05) is 0 Å². The Morgan fingerprint density at radius 2 is 2.12 bits per heavy atom. The van der Waals surface area contributed by atoms with Crippen LogP contribution in [0.25, 0.3) is 0 Å². The van der Waals surface area contributed by atoms with Crippen LogP contribution in [0.15, 0.2) is 36.5 Å². The zero-order valence-electron chi connectivity index (χ0n) is 9.34. The van der Waals surface area contributed by atoms with Crippen LogP contribution in [0, 0.1) is 0 Å². The topological polar surface area (TPSA) is 75.6 Å². The molecule has 0 radical (unpaired) electrons. The standard InChI is InChI=1S/C12H13NO4/c1-2-17-11(15)7-8-13-12(16)9-5-3-4-6-10(9)14/h3-8,14H,2H2,1H3,(H,13,16)/b8-7-. The normalized spacial score (nSPS) is 10.2. The average Bonchev–Trinajstić information content (AvgIpc) is 2.29. The second-order valence-electron chi connectivity index (χ2n) is 3.08. The molecule has 0 aliphatic rings. The highest BCUT2D eigenvalue weighted by Gasteiger charge is 2.07. The van der Waals surface area contributed by atoms with Crippen molar-refractivity contribution >= 4 is 11.9 Å². The molecule has 0 atom stereocenters. The molecule has 1 rings (SSSR count). The van der Waals surface area contributed by atoms with E-state index in [0.29, 0.717) is 0 Å². The van der Waals surface area contributed by atoms with Gasteiger partial charge in [-0.3, -0.25) is 4.79 Å². The van der Waals surface area contributed by atoms with E-state index in [2.05, 4.69) is 10.1 Å². The average molecular weight is 235 g/mol. The number of esters is 1. The molecule has 0 fully saturated rings. The molecule has 0 aliphatic carbocycles. The number of hydrogen-bond donors (Lipinski definition) is 2. The third-order valence-corrected chi connectivity index (χ3v) is 1.87. The number of nitrogens with one attached hydrogen (secondary N) is 1. The number of carbonyl (C=O) groups is 2. The van der Waals surface area contributed by atoms with Crippen LogP contribution in [0.4, 0.5) is 0 Å². The number of para-hydroxylation sites is 1. The summed E-state index contributed by atoms with van der Waals surface area (Å²) in [7, 11) is 0. The van der Waals surface area contributed by atoms with Crippen molar-refractivity contribution in [2.24, 2.45) is 0 Å². The molecule has 0 bridgehead atoms. The van der Waals surface area contributed by atoms with Crippen molar-refractivity contribution in [2.75, 3.05) is 6.61 Å². The van der Waals surface area contributed by atoms with E-state index < -0.39 is 11.9 Å². The monoisotopic (exact) mass is 235 g/mol. The van der Waals surface area contributed by atoms with Gasteiger partial charge in [-0.05, 0) is 19.1 Å². The smallest absolute Gasteiger partial charge is 0.332 e. The minimum absolute atomic E-state index is 0.116. The molecule has 5 heteroatoms. The van der Waals surface area contributed by atoms with E-state index in [-0.39, 0.29) is 17.9 Å². The van der Waals surface area contributed by atoms with E-state index >= 15 is 0 Å². The summed E-state index contributed by atoms with van der Waals surface area (Å²) in [6.45, 7) is 1.96. The summed E-state index contributed by atoms with van der Waals surface area (Å²) in [5.74, 6) is -1.15. The van der Waals surface area contributed by atoms with E-state index in [4.69, 9.17) is 0 Å². The number of benzene rings is 1. The van der Waals surface area contributed by atoms with Crippen LogP contribution in [0.5, 0.6) is 5.75 Å². The van der Waals surface area contributed by atoms with Gasteiger partial charge in [0.2, 0.25) is 0 Å². The Labute approximate surface area is 98.7 Å². The first kappa shape index (κ1) is 12.8. The number of aromatic hydroxyl groups is 1. The van der Waals surface area contributed by atoms with Gasteiger partial charge in [0.05, 0.1) is 12.2 Å². The first-order valence-corrected chi connectivity index (χ1v) is 5.07. The quantitative estimate of drug-likeness (QED) is 0.607. The Bertz CT molecular complexity index is 440. The van der Waals surface area contributed by atoms with Crippen LogP contribution < -0.4 is 5.32 Å². The van der Waals surface area contributed by atoms with E-state index in [0.717, 1.165) is 6.08 Å². The van der Waals surface area contributed by atoms with Crippen molar-refractivity contribution in [1.82, 2.24) is 5.32 Å². The molecule has 2 N–H and O–H groups in total. The summed E-state index contributed by atoms with van der Waals surface area (Å²) < 4.78 is 4.63. The minimum Gasteiger partial charge on any atom is -0.507 e. The molecule has 1 aromatic carbocycles. The zero-order valence-corrected chi connectivity index (χ0v) is 9.34. The Morgan fingerprint density at radius 1 is 1.41 bits per heavy atom. The van der Waals surface area contributed by atoms with Crippen LogP contribution in [-0.2, 0) is 9.53 Å². The van der Waals surface area contributed by atoms with Crippen molar-refractivity contribution in [3.8, 4) is 5.75 Å². The van der Waals surface area contributed by atoms with Crippen molar-refractivity contribution < 1.29 is 19.4 Å². The van der Waals surface area contributed by atoms with Gasteiger partial charge in [0, 0.05) is 12.3 Å². The SMILES string of the molecule is CCOC(=O)/C=C\NC(=O)c1ccccc1O. The number of phenols is 1. The van der Waals surface area contributed by atoms with Crippen molar-refractivity contribution in [2.45, 2.75) is 6.92 Å². The molecule has 0 aromatic heterocycles. The summed E-state index contributed by atoms with van der Waals surface area (Å²) in [5.41, 5.74) is 0.140. The molecule has 0 saturated heterocycles. The first-order chi connectivity index (χ1) is 8.15. The molecule has 1 amide bonds. The maximum Gasteiger partial charge on any atom is 0.332 e. The summed E-state index contributed by atoms with van der Waals surface area (Å²) in [6, 6.07) is 6.12. The maximum absolute atomic E-state index is 11.5. The van der Waals surface area contributed by atoms with Crippen LogP contribution in [0.3, 0.4) is 0 Å². The lowest BCUT2D eigenvalue weighted by Gasteiger charge is -2.02. The molecular weight excluding hydrogens is 222 g/mol. The Balaban J connectivity index is 2.56. The molecule has 0 spiro atoms. The van der Waals surface area contributed by atoms with Crippen molar-refractivity contribution in [3.05, 3.63) is 42.1 Å². The Kier molecular flexibility index (Phi) is 4.75. The molecule has 0 aliphatic heterocycles. The van der Waals surface area contributed by atoms with Gasteiger partial charge in [-0.1, -0.05) is 12.1 Å². The fourth-order valence-corrected chi connectivity index (χ4v) is 1.12. The first-order valence-electron chi connectivity index (χ1n) is 5.07. The van der Waals surface area contributed by atoms with Gasteiger partial charge in [-0.2, -0.15) is 0 Å². The van der Waals surface area contributed by atoms with E-state index in [1.165, 1.54) is 18.3 Å². The molecule has 1 aromatic rings. The van der Waals surface area contributed by atoms with Crippen LogP contribution in [0.1, 0.15) is 17.3 Å². The maximum atomic E-state index is 11.5. The molecular formula is C12H13NO4. The predicted molar refractivity (Wildman–Crippen MR) is 61.3 cm³/mol. The van der Waals surface area contributed by atoms with Crippen molar-refractivity contribution in [1.29, 1.82) is 0 Å². The molecule has 0 saturated carbocycles. The van der Waals surface area contributed by atoms with Gasteiger partial charge < -0.3 is 15.2 Å². The van der Waals surface area contributed by atoms with Crippen molar-refractivity contribution in [3.63, 3.8) is 0 Å². The molecule has 90 valence electrons. The van der Waals surface area contributed by atoms with E-state index in [1.54, 1.807) is 19.1 Å². The summed E-state index contributed by atoms with van der Waals surface area (Å²) in [6.07, 6.45) is 2.27. The lowest BCUT2D eigenvalue weighted by molar-refractivity contribution is -0.137. The van der Waals surface area contributed by atoms with Crippen LogP contribution in [0.2, 0.25) is 0 Å². The summed E-state index contributed by atoms with van der Waals surface area (Å²) in [5, 5.41) is 11.7. The highest BCUT2D eigenvalue weighted by molar-refractivity contribution is 5.97. The summed E-state index contributed by atoms with van der Waals surface area (Å²) in [4.78, 5) is 22.4. The second-order valence-corrected chi connectivity index (χ2v) is 3.08. The van der Waals surface area contributed by atoms with E-state index in [9.17, 15) is 14.7 Å². The lowest BCUT2D eigenvalue weighted by Crippen LogP contribution is -2.17. The molecule has 17 heavy (non-hydrogen) atoms. The van der Waals surface area contributed by atoms with Gasteiger partial charge in [0.25, 0.3) is 5.91 Å². The third kappa shape index (κ3) is 3.98. The lowest BCUT2D eigenvalue weighted by atomic mass is 10.2. The molecule has 0 unspecified atom stereocenters. The van der Waals surface area contributed by atoms with Gasteiger partial charge in [0.15, 0.2) is 0 Å². The fraction of sp³-hybridized carbons (Fsp3) is 0.167. The fourth-order valence-electron chi connectivity index (χ4n) is 1.12. The predicted octanol–water partition coefficient (Wildman–Crippen LogP) is 1.20.